The first kappa shape index (κ1) is 26.9. The van der Waals surface area contributed by atoms with Crippen LogP contribution in [0.2, 0.25) is 0 Å². The number of benzene rings is 3. The van der Waals surface area contributed by atoms with Crippen LogP contribution in [0, 0.1) is 23.7 Å². The third kappa shape index (κ3) is 4.39. The van der Waals surface area contributed by atoms with Gasteiger partial charge < -0.3 is 9.47 Å². The fraction of sp³-hybridized carbons (Fsp3) is 0.290. The van der Waals surface area contributed by atoms with E-state index in [2.05, 4.69) is 31.9 Å². The van der Waals surface area contributed by atoms with Crippen molar-refractivity contribution in [1.29, 1.82) is 0 Å². The highest BCUT2D eigenvalue weighted by Crippen LogP contribution is 2.60. The van der Waals surface area contributed by atoms with Gasteiger partial charge in [0, 0.05) is 20.8 Å². The Morgan fingerprint density at radius 2 is 1.35 bits per heavy atom. The average Bonchev–Trinajstić information content (AvgIpc) is 3.60. The van der Waals surface area contributed by atoms with Crippen LogP contribution >= 0.6 is 31.9 Å². The van der Waals surface area contributed by atoms with Crippen LogP contribution in [-0.2, 0) is 14.3 Å². The van der Waals surface area contributed by atoms with Crippen LogP contribution in [0.4, 0.5) is 5.69 Å². The standard InChI is InChI=1S/C31H25Br2NO6/c1-39-20-13-9-16(10-14-20)27(35)28(17-5-3-2-4-6-17)40-31(38)18-7-11-19(12-8-18)34-29(36)23-21-15-22(24(23)30(34)37)26(33)25(21)32/h2-14,21-26,28H,15H2,1H3/t21-,22-,23-,24+,25+,26+,28-/m1/s1. The minimum absolute atomic E-state index is 0.119. The van der Waals surface area contributed by atoms with Gasteiger partial charge in [-0.1, -0.05) is 62.2 Å². The van der Waals surface area contributed by atoms with E-state index in [0.717, 1.165) is 6.42 Å². The first-order valence-corrected chi connectivity index (χ1v) is 14.8. The third-order valence-corrected chi connectivity index (χ3v) is 11.5. The number of esters is 1. The van der Waals surface area contributed by atoms with Gasteiger partial charge in [0.15, 0.2) is 6.10 Å². The lowest BCUT2D eigenvalue weighted by atomic mass is 9.81. The van der Waals surface area contributed by atoms with Crippen molar-refractivity contribution >= 4 is 61.1 Å². The van der Waals surface area contributed by atoms with Crippen LogP contribution in [0.25, 0.3) is 0 Å². The minimum Gasteiger partial charge on any atom is -0.497 e. The number of ketones is 1. The van der Waals surface area contributed by atoms with Crippen LogP contribution < -0.4 is 9.64 Å². The fourth-order valence-corrected chi connectivity index (χ4v) is 8.21. The molecular weight excluding hydrogens is 642 g/mol. The SMILES string of the molecule is COc1ccc(C(=O)[C@H](OC(=O)c2ccc(N3C(=O)[C@@H]4[C@H]5C[C@@H]([C@H](Br)[C@H]5Br)[C@@H]4C3=O)cc2)c2ccccc2)cc1. The van der Waals surface area contributed by atoms with Gasteiger partial charge in [-0.2, -0.15) is 0 Å². The Morgan fingerprint density at radius 3 is 1.90 bits per heavy atom. The molecular formula is C31H25Br2NO6. The molecule has 2 aliphatic carbocycles. The van der Waals surface area contributed by atoms with E-state index in [1.54, 1.807) is 67.8 Å². The lowest BCUT2D eigenvalue weighted by molar-refractivity contribution is -0.123. The van der Waals surface area contributed by atoms with E-state index in [9.17, 15) is 19.2 Å². The summed E-state index contributed by atoms with van der Waals surface area (Å²) in [5, 5.41) is 0. The van der Waals surface area contributed by atoms with Gasteiger partial charge in [0.05, 0.1) is 30.2 Å². The van der Waals surface area contributed by atoms with E-state index < -0.39 is 12.1 Å². The second-order valence-electron chi connectivity index (χ2n) is 10.4. The number of alkyl halides is 2. The number of fused-ring (bicyclic) bond motifs is 5. The monoisotopic (exact) mass is 665 g/mol. The molecule has 0 spiro atoms. The minimum atomic E-state index is -1.16. The summed E-state index contributed by atoms with van der Waals surface area (Å²) in [6, 6.07) is 21.6. The summed E-state index contributed by atoms with van der Waals surface area (Å²) < 4.78 is 10.9. The predicted molar refractivity (Wildman–Crippen MR) is 155 cm³/mol. The van der Waals surface area contributed by atoms with Gasteiger partial charge in [0.1, 0.15) is 5.75 Å². The molecule has 2 bridgehead atoms. The summed E-state index contributed by atoms with van der Waals surface area (Å²) in [7, 11) is 1.54. The number of carbonyl (C=O) groups is 4. The maximum atomic E-state index is 13.4. The zero-order valence-corrected chi connectivity index (χ0v) is 24.6. The summed E-state index contributed by atoms with van der Waals surface area (Å²) in [5.74, 6) is -1.24. The Kier molecular flexibility index (Phi) is 7.12. The van der Waals surface area contributed by atoms with Crippen molar-refractivity contribution < 1.29 is 28.7 Å². The van der Waals surface area contributed by atoms with Crippen LogP contribution in [-0.4, -0.2) is 40.3 Å². The number of halogens is 2. The van der Waals surface area contributed by atoms with Crippen LogP contribution in [0.15, 0.2) is 78.9 Å². The first-order valence-electron chi connectivity index (χ1n) is 13.0. The molecule has 3 aromatic rings. The summed E-state index contributed by atoms with van der Waals surface area (Å²) in [5.41, 5.74) is 1.54. The van der Waals surface area contributed by atoms with Gasteiger partial charge >= 0.3 is 5.97 Å². The molecule has 2 amide bonds. The molecule has 40 heavy (non-hydrogen) atoms. The zero-order chi connectivity index (χ0) is 28.1. The predicted octanol–water partition coefficient (Wildman–Crippen LogP) is 5.76. The number of nitrogens with zero attached hydrogens (tertiary/aromatic N) is 1. The summed E-state index contributed by atoms with van der Waals surface area (Å²) in [6.07, 6.45) is -0.303. The average molecular weight is 667 g/mol. The van der Waals surface area contributed by atoms with Gasteiger partial charge in [0.25, 0.3) is 0 Å². The number of rotatable bonds is 7. The Bertz CT molecular complexity index is 1440. The molecule has 3 fully saturated rings. The number of anilines is 1. The second kappa shape index (κ2) is 10.6. The highest BCUT2D eigenvalue weighted by molar-refractivity contribution is 9.12. The van der Waals surface area contributed by atoms with Crippen LogP contribution in [0.5, 0.6) is 5.75 Å². The normalized spacial score (nSPS) is 27.4. The molecule has 6 rings (SSSR count). The van der Waals surface area contributed by atoms with Crippen molar-refractivity contribution in [3.63, 3.8) is 0 Å². The van der Waals surface area contributed by atoms with Crippen molar-refractivity contribution in [3.05, 3.63) is 95.6 Å². The number of ether oxygens (including phenoxy) is 2. The molecule has 1 saturated heterocycles. The third-order valence-electron chi connectivity index (χ3n) is 8.29. The van der Waals surface area contributed by atoms with Gasteiger partial charge in [-0.05, 0) is 66.8 Å². The lowest BCUT2D eigenvalue weighted by Gasteiger charge is -2.28. The van der Waals surface area contributed by atoms with E-state index >= 15 is 0 Å². The smallest absolute Gasteiger partial charge is 0.339 e. The van der Waals surface area contributed by atoms with Gasteiger partial charge in [0.2, 0.25) is 17.6 Å². The molecule has 2 saturated carbocycles. The summed E-state index contributed by atoms with van der Waals surface area (Å²) in [6.45, 7) is 0. The van der Waals surface area contributed by atoms with E-state index in [1.807, 2.05) is 6.07 Å². The van der Waals surface area contributed by atoms with Gasteiger partial charge in [-0.15, -0.1) is 0 Å². The maximum absolute atomic E-state index is 13.4. The molecule has 9 heteroatoms. The summed E-state index contributed by atoms with van der Waals surface area (Å²) >= 11 is 7.41. The molecule has 0 N–H and O–H groups in total. The number of hydrogen-bond acceptors (Lipinski definition) is 6. The molecule has 7 atom stereocenters. The number of amides is 2. The van der Waals surface area contributed by atoms with Gasteiger partial charge in [-0.25, -0.2) is 4.79 Å². The zero-order valence-electron chi connectivity index (χ0n) is 21.4. The van der Waals surface area contributed by atoms with Crippen molar-refractivity contribution in [3.8, 4) is 5.75 Å². The van der Waals surface area contributed by atoms with Gasteiger partial charge in [-0.3, -0.25) is 19.3 Å². The topological polar surface area (TPSA) is 90.0 Å². The van der Waals surface area contributed by atoms with Crippen molar-refractivity contribution in [2.24, 2.45) is 23.7 Å². The maximum Gasteiger partial charge on any atom is 0.339 e. The van der Waals surface area contributed by atoms with Crippen LogP contribution in [0.1, 0.15) is 38.8 Å². The molecule has 204 valence electrons. The highest BCUT2D eigenvalue weighted by atomic mass is 79.9. The van der Waals surface area contributed by atoms with E-state index in [4.69, 9.17) is 9.47 Å². The summed E-state index contributed by atoms with van der Waals surface area (Å²) in [4.78, 5) is 54.9. The molecule has 7 nitrogen and oxygen atoms in total. The molecule has 0 aromatic heterocycles. The van der Waals surface area contributed by atoms with E-state index in [1.165, 1.54) is 17.0 Å². The van der Waals surface area contributed by atoms with Crippen molar-refractivity contribution in [2.45, 2.75) is 22.2 Å². The van der Waals surface area contributed by atoms with Crippen LogP contribution in [0.3, 0.4) is 0 Å². The number of hydrogen-bond donors (Lipinski definition) is 0. The quantitative estimate of drug-likeness (QED) is 0.138. The molecule has 0 unspecified atom stereocenters. The van der Waals surface area contributed by atoms with Crippen molar-refractivity contribution in [1.82, 2.24) is 0 Å². The largest absolute Gasteiger partial charge is 0.497 e. The number of carbonyl (C=O) groups excluding carboxylic acids is 4. The lowest BCUT2D eigenvalue weighted by Crippen LogP contribution is -2.37. The van der Waals surface area contributed by atoms with E-state index in [0.29, 0.717) is 22.6 Å². The second-order valence-corrected chi connectivity index (χ2v) is 12.5. The first-order chi connectivity index (χ1) is 19.3. The molecule has 1 aliphatic heterocycles. The highest BCUT2D eigenvalue weighted by Gasteiger charge is 2.66. The Labute approximate surface area is 248 Å². The Hall–Kier alpha value is -3.30. The number of imide groups is 1. The molecule has 3 aromatic carbocycles. The Balaban J connectivity index is 1.21. The van der Waals surface area contributed by atoms with E-state index in [-0.39, 0.29) is 56.5 Å². The number of methoxy groups -OCH3 is 1. The molecule has 0 radical (unpaired) electrons. The number of Topliss-reactive ketones (excluding diaryl/α,β-unsaturated/α-hetero) is 1. The molecule has 1 heterocycles. The van der Waals surface area contributed by atoms with Crippen molar-refractivity contribution in [2.75, 3.05) is 12.0 Å². The molecule has 3 aliphatic rings. The fourth-order valence-electron chi connectivity index (χ4n) is 6.33. The Morgan fingerprint density at radius 1 is 0.800 bits per heavy atom.